The van der Waals surface area contributed by atoms with E-state index in [9.17, 15) is 15.0 Å². The first-order valence-corrected chi connectivity index (χ1v) is 12.3. The SMILES string of the molecule is CC(C)=CCc1c(O)c(C(=O)/C=C/c2ccccc2)c2c(c1O)[C@H]1[C@@H]3[C@@H](CC[C@]3(C)O2)C1(C)C. The highest BCUT2D eigenvalue weighted by Gasteiger charge is 2.70. The summed E-state index contributed by atoms with van der Waals surface area (Å²) in [5.41, 5.74) is 2.86. The second-order valence-electron chi connectivity index (χ2n) is 11.3. The zero-order chi connectivity index (χ0) is 24.4. The minimum absolute atomic E-state index is 0.0105. The lowest BCUT2D eigenvalue weighted by molar-refractivity contribution is -0.121. The normalized spacial score (nSPS) is 28.0. The Morgan fingerprint density at radius 2 is 1.82 bits per heavy atom. The van der Waals surface area contributed by atoms with Crippen LogP contribution in [0, 0.1) is 17.3 Å². The molecule has 4 heteroatoms. The lowest BCUT2D eigenvalue weighted by Gasteiger charge is -2.62. The molecule has 0 aromatic heterocycles. The summed E-state index contributed by atoms with van der Waals surface area (Å²) in [6.45, 7) is 10.6. The van der Waals surface area contributed by atoms with Crippen molar-refractivity contribution in [2.45, 2.75) is 65.4 Å². The molecule has 0 amide bonds. The Morgan fingerprint density at radius 3 is 2.50 bits per heavy atom. The number of rotatable bonds is 5. The van der Waals surface area contributed by atoms with Gasteiger partial charge in [0, 0.05) is 23.0 Å². The fourth-order valence-corrected chi connectivity index (χ4v) is 6.83. The van der Waals surface area contributed by atoms with Gasteiger partial charge in [-0.15, -0.1) is 0 Å². The lowest BCUT2D eigenvalue weighted by Crippen LogP contribution is -2.59. The fourth-order valence-electron chi connectivity index (χ4n) is 6.83. The monoisotopic (exact) mass is 458 g/mol. The van der Waals surface area contributed by atoms with Crippen molar-refractivity contribution < 1.29 is 19.7 Å². The quantitative estimate of drug-likeness (QED) is 0.294. The molecule has 2 N–H and O–H groups in total. The maximum Gasteiger partial charge on any atom is 0.193 e. The average Bonchev–Trinajstić information content (AvgIpc) is 3.13. The molecule has 34 heavy (non-hydrogen) atoms. The number of benzene rings is 2. The Hall–Kier alpha value is -3.01. The van der Waals surface area contributed by atoms with Gasteiger partial charge in [-0.25, -0.2) is 0 Å². The third-order valence-electron chi connectivity index (χ3n) is 8.58. The van der Waals surface area contributed by atoms with Gasteiger partial charge in [0.05, 0.1) is 0 Å². The number of aromatic hydroxyl groups is 2. The van der Waals surface area contributed by atoms with Gasteiger partial charge in [0.25, 0.3) is 0 Å². The molecule has 1 heterocycles. The molecule has 4 atom stereocenters. The van der Waals surface area contributed by atoms with Crippen molar-refractivity contribution in [1.29, 1.82) is 0 Å². The molecule has 2 saturated carbocycles. The van der Waals surface area contributed by atoms with Gasteiger partial charge in [0.1, 0.15) is 28.4 Å². The number of phenolic OH excluding ortho intramolecular Hbond substituents is 2. The minimum Gasteiger partial charge on any atom is -0.507 e. The Kier molecular flexibility index (Phi) is 5.20. The molecule has 0 spiro atoms. The van der Waals surface area contributed by atoms with E-state index in [1.54, 1.807) is 6.08 Å². The molecular formula is C30H34O4. The van der Waals surface area contributed by atoms with E-state index in [0.29, 0.717) is 35.1 Å². The van der Waals surface area contributed by atoms with Gasteiger partial charge in [-0.05, 0) is 63.0 Å². The summed E-state index contributed by atoms with van der Waals surface area (Å²) in [6, 6.07) is 9.61. The zero-order valence-electron chi connectivity index (χ0n) is 20.7. The molecule has 0 saturated heterocycles. The Labute approximate surface area is 202 Å². The van der Waals surface area contributed by atoms with Crippen LogP contribution in [-0.2, 0) is 6.42 Å². The molecule has 3 aliphatic rings. The van der Waals surface area contributed by atoms with Gasteiger partial charge in [-0.1, -0.05) is 61.9 Å². The molecule has 2 fully saturated rings. The van der Waals surface area contributed by atoms with Gasteiger partial charge in [-0.3, -0.25) is 4.79 Å². The Balaban J connectivity index is 1.70. The maximum atomic E-state index is 13.6. The van der Waals surface area contributed by atoms with Crippen LogP contribution in [0.4, 0.5) is 0 Å². The predicted molar refractivity (Wildman–Crippen MR) is 134 cm³/mol. The van der Waals surface area contributed by atoms with Gasteiger partial charge in [-0.2, -0.15) is 0 Å². The van der Waals surface area contributed by atoms with E-state index in [1.807, 2.05) is 50.3 Å². The number of hydrogen-bond donors (Lipinski definition) is 2. The van der Waals surface area contributed by atoms with Gasteiger partial charge < -0.3 is 14.9 Å². The fraction of sp³-hybridized carbons (Fsp3) is 0.433. The molecule has 2 aromatic carbocycles. The second kappa shape index (κ2) is 7.76. The first-order valence-electron chi connectivity index (χ1n) is 12.3. The Bertz CT molecular complexity index is 1220. The summed E-state index contributed by atoms with van der Waals surface area (Å²) in [7, 11) is 0. The largest absolute Gasteiger partial charge is 0.507 e. The highest BCUT2D eigenvalue weighted by molar-refractivity contribution is 6.11. The summed E-state index contributed by atoms with van der Waals surface area (Å²) in [5, 5.41) is 22.8. The van der Waals surface area contributed by atoms with Crippen LogP contribution in [0.5, 0.6) is 17.2 Å². The van der Waals surface area contributed by atoms with Crippen molar-refractivity contribution in [3.05, 3.63) is 70.3 Å². The summed E-state index contributed by atoms with van der Waals surface area (Å²) in [6.07, 6.45) is 7.56. The van der Waals surface area contributed by atoms with Crippen molar-refractivity contribution >= 4 is 11.9 Å². The summed E-state index contributed by atoms with van der Waals surface area (Å²) in [5.74, 6) is 0.890. The zero-order valence-corrected chi connectivity index (χ0v) is 20.7. The first kappa shape index (κ1) is 22.8. The second-order valence-corrected chi connectivity index (χ2v) is 11.3. The Morgan fingerprint density at radius 1 is 1.12 bits per heavy atom. The van der Waals surface area contributed by atoms with E-state index in [2.05, 4.69) is 20.8 Å². The molecule has 0 bridgehead atoms. The molecule has 4 nitrogen and oxygen atoms in total. The first-order chi connectivity index (χ1) is 16.1. The third-order valence-corrected chi connectivity index (χ3v) is 8.58. The smallest absolute Gasteiger partial charge is 0.193 e. The highest BCUT2D eigenvalue weighted by Crippen LogP contribution is 2.75. The highest BCUT2D eigenvalue weighted by atomic mass is 16.5. The van der Waals surface area contributed by atoms with Gasteiger partial charge in [0.15, 0.2) is 5.78 Å². The number of carbonyl (C=O) groups excluding carboxylic acids is 1. The molecule has 1 aliphatic heterocycles. The number of carbonyl (C=O) groups is 1. The lowest BCUT2D eigenvalue weighted by atomic mass is 9.45. The van der Waals surface area contributed by atoms with E-state index in [-0.39, 0.29) is 34.2 Å². The van der Waals surface area contributed by atoms with Crippen molar-refractivity contribution in [2.75, 3.05) is 0 Å². The maximum absolute atomic E-state index is 13.6. The average molecular weight is 459 g/mol. The van der Waals surface area contributed by atoms with E-state index in [0.717, 1.165) is 24.0 Å². The van der Waals surface area contributed by atoms with E-state index >= 15 is 0 Å². The molecule has 0 unspecified atom stereocenters. The number of ketones is 1. The van der Waals surface area contributed by atoms with Crippen LogP contribution in [0.2, 0.25) is 0 Å². The summed E-state index contributed by atoms with van der Waals surface area (Å²) in [4.78, 5) is 13.6. The molecule has 2 aromatic rings. The van der Waals surface area contributed by atoms with Crippen molar-refractivity contribution in [2.24, 2.45) is 17.3 Å². The van der Waals surface area contributed by atoms with E-state index in [1.165, 1.54) is 6.08 Å². The number of phenols is 2. The molecule has 2 aliphatic carbocycles. The van der Waals surface area contributed by atoms with Crippen LogP contribution in [0.1, 0.15) is 80.4 Å². The molecule has 178 valence electrons. The van der Waals surface area contributed by atoms with Crippen molar-refractivity contribution in [3.8, 4) is 17.2 Å². The molecule has 5 rings (SSSR count). The minimum atomic E-state index is -0.393. The summed E-state index contributed by atoms with van der Waals surface area (Å²) < 4.78 is 6.59. The van der Waals surface area contributed by atoms with Crippen LogP contribution >= 0.6 is 0 Å². The van der Waals surface area contributed by atoms with Crippen LogP contribution in [0.3, 0.4) is 0 Å². The number of hydrogen-bond acceptors (Lipinski definition) is 4. The summed E-state index contributed by atoms with van der Waals surface area (Å²) >= 11 is 0. The van der Waals surface area contributed by atoms with Crippen molar-refractivity contribution in [1.82, 2.24) is 0 Å². The number of fused-ring (bicyclic) bond motifs is 2. The predicted octanol–water partition coefficient (Wildman–Crippen LogP) is 6.80. The van der Waals surface area contributed by atoms with Crippen LogP contribution in [0.25, 0.3) is 6.08 Å². The molecular weight excluding hydrogens is 424 g/mol. The van der Waals surface area contributed by atoms with Crippen LogP contribution in [0.15, 0.2) is 48.1 Å². The van der Waals surface area contributed by atoms with Crippen LogP contribution < -0.4 is 4.74 Å². The standard InChI is InChI=1S/C30H34O4/c1-17(2)11-13-19-26(32)22(21(31)14-12-18-9-7-6-8-10-18)28-23(27(19)33)25-24-20(29(25,3)4)15-16-30(24,5)34-28/h6-12,14,20,24-25,32-33H,13,15-16H2,1-5H3/b14-12+/t20-,24+,25+,30+/m1/s1. The molecule has 0 radical (unpaired) electrons. The number of ether oxygens (including phenoxy) is 1. The third kappa shape index (κ3) is 3.22. The number of allylic oxidation sites excluding steroid dienone is 3. The topological polar surface area (TPSA) is 66.8 Å². The van der Waals surface area contributed by atoms with Gasteiger partial charge >= 0.3 is 0 Å². The van der Waals surface area contributed by atoms with Crippen molar-refractivity contribution in [3.63, 3.8) is 0 Å². The van der Waals surface area contributed by atoms with Gasteiger partial charge in [0.2, 0.25) is 0 Å². The van der Waals surface area contributed by atoms with E-state index < -0.39 is 5.60 Å². The van der Waals surface area contributed by atoms with E-state index in [4.69, 9.17) is 4.74 Å². The van der Waals surface area contributed by atoms with Crippen LogP contribution in [-0.4, -0.2) is 21.6 Å².